The number of hydrogen-bond acceptors (Lipinski definition) is 7. The average Bonchev–Trinajstić information content (AvgIpc) is 3.72. The Morgan fingerprint density at radius 1 is 1.02 bits per heavy atom. The maximum atomic E-state index is 11.8. The van der Waals surface area contributed by atoms with Crippen molar-refractivity contribution in [3.63, 3.8) is 0 Å². The number of likely N-dealkylation sites (tertiary alicyclic amines) is 1. The van der Waals surface area contributed by atoms with Gasteiger partial charge < -0.3 is 24.8 Å². The highest BCUT2D eigenvalue weighted by Gasteiger charge is 2.25. The minimum atomic E-state index is 0.109. The van der Waals surface area contributed by atoms with Gasteiger partial charge in [0.2, 0.25) is 11.8 Å². The Morgan fingerprint density at radius 2 is 1.79 bits per heavy atom. The molecule has 12 heteroatoms. The molecule has 3 aromatic heterocycles. The molecule has 5 heterocycles. The van der Waals surface area contributed by atoms with Crippen LogP contribution in [0.3, 0.4) is 0 Å². The first-order valence-corrected chi connectivity index (χ1v) is 18.9. The molecule has 5 aromatic rings. The first kappa shape index (κ1) is 36.9. The van der Waals surface area contributed by atoms with E-state index in [1.165, 1.54) is 5.56 Å². The third-order valence-corrected chi connectivity index (χ3v) is 11.5. The Hall–Kier alpha value is -4.48. The second-order valence-electron chi connectivity index (χ2n) is 14.1. The molecule has 0 radical (unpaired) electrons. The Kier molecular flexibility index (Phi) is 11.0. The quantitative estimate of drug-likeness (QED) is 0.148. The molecule has 0 aliphatic carbocycles. The lowest BCUT2D eigenvalue weighted by molar-refractivity contribution is -0.130. The van der Waals surface area contributed by atoms with E-state index in [1.807, 2.05) is 60.5 Å². The zero-order valence-electron chi connectivity index (χ0n) is 30.6. The molecular weight excluding hydrogens is 709 g/mol. The fourth-order valence-corrected chi connectivity index (χ4v) is 8.32. The second-order valence-corrected chi connectivity index (χ2v) is 14.9. The number of pyridine rings is 2. The lowest BCUT2D eigenvalue weighted by atomic mass is 9.99. The smallest absolute Gasteiger partial charge is 0.220 e. The van der Waals surface area contributed by atoms with E-state index in [2.05, 4.69) is 44.4 Å². The van der Waals surface area contributed by atoms with Crippen LogP contribution in [0, 0.1) is 0 Å². The summed E-state index contributed by atoms with van der Waals surface area (Å²) in [5, 5.41) is 8.58. The third-order valence-electron chi connectivity index (χ3n) is 10.7. The number of rotatable bonds is 11. The summed E-state index contributed by atoms with van der Waals surface area (Å²) < 4.78 is 7.84. The number of amides is 2. The first-order chi connectivity index (χ1) is 25.6. The highest BCUT2D eigenvalue weighted by Crippen LogP contribution is 2.42. The topological polar surface area (TPSA) is 105 Å². The lowest BCUT2D eigenvalue weighted by Crippen LogP contribution is -2.44. The van der Waals surface area contributed by atoms with Gasteiger partial charge in [0.25, 0.3) is 0 Å². The van der Waals surface area contributed by atoms with Gasteiger partial charge in [0.1, 0.15) is 11.4 Å². The molecule has 7 rings (SSSR count). The number of ether oxygens (including phenoxy) is 1. The predicted molar refractivity (Wildman–Crippen MR) is 211 cm³/mol. The lowest BCUT2D eigenvalue weighted by Gasteiger charge is -2.36. The number of aromatic nitrogens is 3. The highest BCUT2D eigenvalue weighted by atomic mass is 35.5. The molecule has 1 atom stereocenters. The molecule has 53 heavy (non-hydrogen) atoms. The number of fused-ring (bicyclic) bond motifs is 1. The molecule has 2 aliphatic heterocycles. The number of carbonyl (C=O) groups is 2. The molecule has 2 aromatic carbocycles. The second kappa shape index (κ2) is 15.9. The maximum Gasteiger partial charge on any atom is 0.220 e. The molecule has 2 aliphatic rings. The summed E-state index contributed by atoms with van der Waals surface area (Å²) in [6.07, 6.45) is 7.29. The molecule has 2 saturated heterocycles. The maximum absolute atomic E-state index is 11.8. The van der Waals surface area contributed by atoms with Crippen LogP contribution in [-0.4, -0.2) is 82.0 Å². The van der Waals surface area contributed by atoms with Gasteiger partial charge >= 0.3 is 0 Å². The molecule has 2 amide bonds. The monoisotopic (exact) mass is 753 g/mol. The highest BCUT2D eigenvalue weighted by molar-refractivity contribution is 6.39. The van der Waals surface area contributed by atoms with E-state index in [9.17, 15) is 9.59 Å². The molecule has 0 spiro atoms. The van der Waals surface area contributed by atoms with Crippen molar-refractivity contribution in [2.45, 2.75) is 57.8 Å². The van der Waals surface area contributed by atoms with E-state index in [1.54, 1.807) is 20.2 Å². The van der Waals surface area contributed by atoms with Crippen molar-refractivity contribution in [1.82, 2.24) is 35.0 Å². The molecular formula is C41H45Cl2N7O3. The molecule has 2 N–H and O–H groups in total. The van der Waals surface area contributed by atoms with Crippen molar-refractivity contribution in [2.24, 2.45) is 7.05 Å². The molecule has 0 bridgehead atoms. The number of aryl methyl sites for hydroxylation is 1. The van der Waals surface area contributed by atoms with Gasteiger partial charge in [-0.15, -0.1) is 0 Å². The minimum Gasteiger partial charge on any atom is -0.496 e. The van der Waals surface area contributed by atoms with Crippen molar-refractivity contribution in [3.8, 4) is 39.4 Å². The Labute approximate surface area is 320 Å². The summed E-state index contributed by atoms with van der Waals surface area (Å²) in [5.74, 6) is 0.987. The van der Waals surface area contributed by atoms with E-state index in [0.717, 1.165) is 89.2 Å². The standard InChI is InChI=1S/C41H45Cl2N7O3/c1-25(51)50-18-15-30(16-19-50)48(2)23-28-24-49(3)41-31(28)11-12-35(47-41)34-7-5-6-32(38(34)42)33-14-17-45-40(39(33)43)26-8-9-27(36(20-26)53-4)21-44-22-29-10-13-37(52)46-29/h5-9,11-12,14,17,20,24,29-30,44H,10,13,15-16,18-19,21-23H2,1-4H3,(H,46,52). The number of halogens is 2. The van der Waals surface area contributed by atoms with Crippen LogP contribution in [0.1, 0.15) is 43.7 Å². The van der Waals surface area contributed by atoms with E-state index < -0.39 is 0 Å². The SMILES string of the molecule is COc1cc(-c2nccc(-c3cccc(-c4ccc5c(CN(C)C6CCN(C(C)=O)CC6)cn(C)c5n4)c3Cl)c2Cl)ccc1CNCC1CCC(=O)N1. The van der Waals surface area contributed by atoms with Crippen molar-refractivity contribution < 1.29 is 14.3 Å². The van der Waals surface area contributed by atoms with Gasteiger partial charge in [0.05, 0.1) is 28.5 Å². The Morgan fingerprint density at radius 3 is 2.53 bits per heavy atom. The molecule has 0 saturated carbocycles. The van der Waals surface area contributed by atoms with Gasteiger partial charge in [-0.25, -0.2) is 4.98 Å². The fraction of sp³-hybridized carbons (Fsp3) is 0.366. The summed E-state index contributed by atoms with van der Waals surface area (Å²) in [6, 6.07) is 18.5. The van der Waals surface area contributed by atoms with Crippen LogP contribution >= 0.6 is 23.2 Å². The Bertz CT molecular complexity index is 2160. The van der Waals surface area contributed by atoms with Crippen LogP contribution in [0.2, 0.25) is 10.0 Å². The van der Waals surface area contributed by atoms with E-state index in [0.29, 0.717) is 41.3 Å². The van der Waals surface area contributed by atoms with Gasteiger partial charge in [0, 0.05) is 111 Å². The number of benzene rings is 2. The van der Waals surface area contributed by atoms with Gasteiger partial charge in [-0.2, -0.15) is 0 Å². The van der Waals surface area contributed by atoms with Crippen LogP contribution in [0.5, 0.6) is 5.75 Å². The summed E-state index contributed by atoms with van der Waals surface area (Å²) in [4.78, 5) is 37.4. The minimum absolute atomic E-state index is 0.109. The fourth-order valence-electron chi connectivity index (χ4n) is 7.67. The number of methoxy groups -OCH3 is 1. The normalized spacial score (nSPS) is 16.5. The average molecular weight is 755 g/mol. The van der Waals surface area contributed by atoms with E-state index >= 15 is 0 Å². The predicted octanol–water partition coefficient (Wildman–Crippen LogP) is 7.10. The molecule has 2 fully saturated rings. The third kappa shape index (κ3) is 7.78. The molecule has 276 valence electrons. The number of hydrogen-bond donors (Lipinski definition) is 2. The van der Waals surface area contributed by atoms with Gasteiger partial charge in [-0.05, 0) is 56.1 Å². The van der Waals surface area contributed by atoms with Crippen molar-refractivity contribution in [2.75, 3.05) is 33.8 Å². The molecule has 1 unspecified atom stereocenters. The van der Waals surface area contributed by atoms with Crippen molar-refractivity contribution >= 4 is 46.0 Å². The van der Waals surface area contributed by atoms with Crippen LogP contribution in [0.15, 0.2) is 67.0 Å². The van der Waals surface area contributed by atoms with Crippen molar-refractivity contribution in [1.29, 1.82) is 0 Å². The zero-order chi connectivity index (χ0) is 37.2. The summed E-state index contributed by atoms with van der Waals surface area (Å²) in [6.45, 7) is 5.36. The number of piperidine rings is 1. The number of nitrogens with one attached hydrogen (secondary N) is 2. The zero-order valence-corrected chi connectivity index (χ0v) is 32.1. The number of carbonyl (C=O) groups excluding carboxylic acids is 2. The van der Waals surface area contributed by atoms with Crippen LogP contribution in [0.25, 0.3) is 44.7 Å². The summed E-state index contributed by atoms with van der Waals surface area (Å²) >= 11 is 14.3. The van der Waals surface area contributed by atoms with E-state index in [4.69, 9.17) is 32.9 Å². The van der Waals surface area contributed by atoms with Crippen LogP contribution in [0.4, 0.5) is 0 Å². The summed E-state index contributed by atoms with van der Waals surface area (Å²) in [7, 11) is 5.85. The Balaban J connectivity index is 1.11. The van der Waals surface area contributed by atoms with E-state index in [-0.39, 0.29) is 17.9 Å². The van der Waals surface area contributed by atoms with Gasteiger partial charge in [-0.1, -0.05) is 53.5 Å². The largest absolute Gasteiger partial charge is 0.496 e. The van der Waals surface area contributed by atoms with Crippen LogP contribution < -0.4 is 15.4 Å². The van der Waals surface area contributed by atoms with Crippen molar-refractivity contribution in [3.05, 3.63) is 88.2 Å². The molecule has 10 nitrogen and oxygen atoms in total. The van der Waals surface area contributed by atoms with Crippen LogP contribution in [-0.2, 0) is 29.7 Å². The van der Waals surface area contributed by atoms with Gasteiger partial charge in [-0.3, -0.25) is 19.5 Å². The number of nitrogens with zero attached hydrogens (tertiary/aromatic N) is 5. The van der Waals surface area contributed by atoms with Gasteiger partial charge in [0.15, 0.2) is 0 Å². The first-order valence-electron chi connectivity index (χ1n) is 18.1. The summed E-state index contributed by atoms with van der Waals surface area (Å²) in [5.41, 5.74) is 7.70.